The second-order valence-electron chi connectivity index (χ2n) is 7.42. The number of nitrogens with one attached hydrogen (secondary N) is 2. The number of aromatic nitrogens is 2. The van der Waals surface area contributed by atoms with E-state index in [9.17, 15) is 0 Å². The molecule has 2 N–H and O–H groups in total. The first-order chi connectivity index (χ1) is 13.3. The summed E-state index contributed by atoms with van der Waals surface area (Å²) in [6.07, 6.45) is 10.3. The van der Waals surface area contributed by atoms with Crippen LogP contribution in [0.1, 0.15) is 57.3 Å². The smallest absolute Gasteiger partial charge is 0.191 e. The van der Waals surface area contributed by atoms with Crippen LogP contribution in [-0.2, 0) is 13.1 Å². The van der Waals surface area contributed by atoms with Crippen molar-refractivity contribution in [2.45, 2.75) is 65.1 Å². The Kier molecular flexibility index (Phi) is 9.81. The van der Waals surface area contributed by atoms with Crippen molar-refractivity contribution < 1.29 is 0 Å². The van der Waals surface area contributed by atoms with Gasteiger partial charge in [0.15, 0.2) is 5.96 Å². The first-order valence-corrected chi connectivity index (χ1v) is 10.4. The van der Waals surface area contributed by atoms with E-state index in [0.717, 1.165) is 30.8 Å². The van der Waals surface area contributed by atoms with E-state index in [-0.39, 0.29) is 24.0 Å². The monoisotopic (exact) mass is 495 g/mol. The molecule has 0 unspecified atom stereocenters. The van der Waals surface area contributed by atoms with Crippen LogP contribution in [0.3, 0.4) is 0 Å². The maximum atomic E-state index is 4.80. The molecule has 0 spiro atoms. The number of nitrogens with zero attached hydrogens (tertiary/aromatic N) is 3. The van der Waals surface area contributed by atoms with Gasteiger partial charge in [0.2, 0.25) is 0 Å². The van der Waals surface area contributed by atoms with Crippen LogP contribution in [0, 0.1) is 5.92 Å². The first kappa shape index (κ1) is 22.7. The molecule has 0 amide bonds. The van der Waals surface area contributed by atoms with Crippen molar-refractivity contribution in [3.05, 3.63) is 54.1 Å². The topological polar surface area (TPSA) is 54.2 Å². The fourth-order valence-corrected chi connectivity index (χ4v) is 3.79. The van der Waals surface area contributed by atoms with E-state index in [1.807, 2.05) is 18.5 Å². The standard InChI is InChI=1S/C22H33N5.HI/c1-3-18-10-12-20(13-11-18)26-22(23-4-2)25-16-21-24-14-15-27(21)17-19-8-6-5-7-9-19;/h5-9,14-15,18,20H,3-4,10-13,16-17H2,1-2H3,(H2,23,25,26);1H. The highest BCUT2D eigenvalue weighted by Crippen LogP contribution is 2.26. The summed E-state index contributed by atoms with van der Waals surface area (Å²) in [5, 5.41) is 7.02. The van der Waals surface area contributed by atoms with E-state index in [1.165, 1.54) is 37.7 Å². The molecule has 0 bridgehead atoms. The van der Waals surface area contributed by atoms with Gasteiger partial charge in [0.25, 0.3) is 0 Å². The first-order valence-electron chi connectivity index (χ1n) is 10.4. The number of guanidine groups is 1. The van der Waals surface area contributed by atoms with E-state index in [0.29, 0.717) is 12.6 Å². The molecule has 1 aromatic heterocycles. The van der Waals surface area contributed by atoms with Crippen LogP contribution < -0.4 is 10.6 Å². The van der Waals surface area contributed by atoms with E-state index in [1.54, 1.807) is 0 Å². The van der Waals surface area contributed by atoms with Crippen LogP contribution in [0.4, 0.5) is 0 Å². The van der Waals surface area contributed by atoms with Crippen molar-refractivity contribution in [1.82, 2.24) is 20.2 Å². The van der Waals surface area contributed by atoms with Crippen LogP contribution in [0.2, 0.25) is 0 Å². The summed E-state index contributed by atoms with van der Waals surface area (Å²) in [5.41, 5.74) is 1.28. The molecule has 3 rings (SSSR count). The van der Waals surface area contributed by atoms with Crippen LogP contribution in [-0.4, -0.2) is 28.1 Å². The minimum atomic E-state index is 0. The van der Waals surface area contributed by atoms with E-state index in [4.69, 9.17) is 4.99 Å². The lowest BCUT2D eigenvalue weighted by atomic mass is 9.84. The van der Waals surface area contributed by atoms with Gasteiger partial charge in [-0.05, 0) is 44.1 Å². The third-order valence-electron chi connectivity index (χ3n) is 5.49. The Hall–Kier alpha value is -1.57. The number of benzene rings is 1. The molecule has 0 saturated heterocycles. The third kappa shape index (κ3) is 6.79. The van der Waals surface area contributed by atoms with Crippen molar-refractivity contribution in [2.24, 2.45) is 10.9 Å². The lowest BCUT2D eigenvalue weighted by Gasteiger charge is -2.29. The zero-order chi connectivity index (χ0) is 18.9. The van der Waals surface area contributed by atoms with E-state index >= 15 is 0 Å². The largest absolute Gasteiger partial charge is 0.357 e. The molecule has 1 aliphatic carbocycles. The Morgan fingerprint density at radius 3 is 2.57 bits per heavy atom. The molecule has 1 heterocycles. The Bertz CT molecular complexity index is 705. The second-order valence-corrected chi connectivity index (χ2v) is 7.42. The zero-order valence-corrected chi connectivity index (χ0v) is 19.4. The molecule has 0 radical (unpaired) electrons. The maximum Gasteiger partial charge on any atom is 0.191 e. The van der Waals surface area contributed by atoms with Gasteiger partial charge in [0.05, 0.1) is 0 Å². The van der Waals surface area contributed by atoms with Crippen molar-refractivity contribution in [3.63, 3.8) is 0 Å². The molecule has 0 atom stereocenters. The van der Waals surface area contributed by atoms with Gasteiger partial charge in [-0.1, -0.05) is 43.7 Å². The third-order valence-corrected chi connectivity index (χ3v) is 5.49. The summed E-state index contributed by atoms with van der Waals surface area (Å²) in [6, 6.07) is 11.0. The minimum Gasteiger partial charge on any atom is -0.357 e. The van der Waals surface area contributed by atoms with Gasteiger partial charge in [-0.15, -0.1) is 24.0 Å². The number of rotatable bonds is 7. The predicted molar refractivity (Wildman–Crippen MR) is 127 cm³/mol. The molecule has 1 saturated carbocycles. The predicted octanol–water partition coefficient (Wildman–Crippen LogP) is 4.57. The zero-order valence-electron chi connectivity index (χ0n) is 17.1. The van der Waals surface area contributed by atoms with Crippen LogP contribution in [0.25, 0.3) is 0 Å². The fourth-order valence-electron chi connectivity index (χ4n) is 3.79. The molecule has 6 heteroatoms. The van der Waals surface area contributed by atoms with Gasteiger partial charge in [-0.3, -0.25) is 0 Å². The molecule has 1 aliphatic rings. The normalized spacial score (nSPS) is 19.7. The SMILES string of the molecule is CCNC(=NCc1nccn1Cc1ccccc1)NC1CCC(CC)CC1.I. The molecule has 154 valence electrons. The Morgan fingerprint density at radius 1 is 1.14 bits per heavy atom. The second kappa shape index (κ2) is 12.1. The average molecular weight is 495 g/mol. The van der Waals surface area contributed by atoms with Gasteiger partial charge < -0.3 is 15.2 Å². The molecule has 0 aliphatic heterocycles. The summed E-state index contributed by atoms with van der Waals surface area (Å²) in [5.74, 6) is 2.81. The molecule has 5 nitrogen and oxygen atoms in total. The van der Waals surface area contributed by atoms with E-state index in [2.05, 4.69) is 58.3 Å². The Labute approximate surface area is 186 Å². The van der Waals surface area contributed by atoms with Crippen LogP contribution in [0.5, 0.6) is 0 Å². The molecular weight excluding hydrogens is 461 g/mol. The van der Waals surface area contributed by atoms with Gasteiger partial charge in [0, 0.05) is 31.5 Å². The minimum absolute atomic E-state index is 0. The van der Waals surface area contributed by atoms with E-state index < -0.39 is 0 Å². The highest BCUT2D eigenvalue weighted by atomic mass is 127. The van der Waals surface area contributed by atoms with Crippen LogP contribution in [0.15, 0.2) is 47.7 Å². The summed E-state index contributed by atoms with van der Waals surface area (Å²) in [6.45, 7) is 6.70. The molecule has 2 aromatic rings. The lowest BCUT2D eigenvalue weighted by Crippen LogP contribution is -2.44. The number of hydrogen-bond acceptors (Lipinski definition) is 2. The van der Waals surface area contributed by atoms with Gasteiger partial charge in [0.1, 0.15) is 12.4 Å². The fraction of sp³-hybridized carbons (Fsp3) is 0.545. The highest BCUT2D eigenvalue weighted by Gasteiger charge is 2.20. The van der Waals surface area contributed by atoms with Crippen molar-refractivity contribution in [3.8, 4) is 0 Å². The van der Waals surface area contributed by atoms with Crippen molar-refractivity contribution in [2.75, 3.05) is 6.54 Å². The van der Waals surface area contributed by atoms with Gasteiger partial charge in [-0.2, -0.15) is 0 Å². The lowest BCUT2D eigenvalue weighted by molar-refractivity contribution is 0.304. The average Bonchev–Trinajstić information content (AvgIpc) is 3.14. The van der Waals surface area contributed by atoms with Crippen molar-refractivity contribution >= 4 is 29.9 Å². The van der Waals surface area contributed by atoms with Gasteiger partial charge >= 0.3 is 0 Å². The molecule has 1 fully saturated rings. The summed E-state index contributed by atoms with van der Waals surface area (Å²) < 4.78 is 2.18. The van der Waals surface area contributed by atoms with Crippen LogP contribution >= 0.6 is 24.0 Å². The molecule has 1 aromatic carbocycles. The van der Waals surface area contributed by atoms with Gasteiger partial charge in [-0.25, -0.2) is 9.98 Å². The maximum absolute atomic E-state index is 4.80. The Balaban J connectivity index is 0.00000280. The number of hydrogen-bond donors (Lipinski definition) is 2. The summed E-state index contributed by atoms with van der Waals surface area (Å²) in [7, 11) is 0. The summed E-state index contributed by atoms with van der Waals surface area (Å²) >= 11 is 0. The number of imidazole rings is 1. The number of aliphatic imine (C=N–C) groups is 1. The van der Waals surface area contributed by atoms with Crippen molar-refractivity contribution in [1.29, 1.82) is 0 Å². The number of halogens is 1. The molecular formula is C22H34IN5. The quantitative estimate of drug-likeness (QED) is 0.336. The molecule has 28 heavy (non-hydrogen) atoms. The summed E-state index contributed by atoms with van der Waals surface area (Å²) in [4.78, 5) is 9.32. The Morgan fingerprint density at radius 2 is 1.89 bits per heavy atom. The highest BCUT2D eigenvalue weighted by molar-refractivity contribution is 14.0.